The van der Waals surface area contributed by atoms with Gasteiger partial charge in [-0.15, -0.1) is 0 Å². The third kappa shape index (κ3) is 2.35. The maximum Gasteiger partial charge on any atom is 0.136 e. The molecule has 0 aliphatic rings. The Labute approximate surface area is 92.1 Å². The Morgan fingerprint density at radius 2 is 2.19 bits per heavy atom. The van der Waals surface area contributed by atoms with E-state index in [4.69, 9.17) is 9.84 Å². The summed E-state index contributed by atoms with van der Waals surface area (Å²) >= 11 is 0. The molecule has 1 N–H and O–H groups in total. The summed E-state index contributed by atoms with van der Waals surface area (Å²) in [6, 6.07) is 7.44. The first-order valence-electron chi connectivity index (χ1n) is 4.77. The fourth-order valence-corrected chi connectivity index (χ4v) is 1.29. The topological polar surface area (TPSA) is 42.4 Å². The SMILES string of the molecule is OCc1cnccc1Oc1cccc(F)c1. The van der Waals surface area contributed by atoms with E-state index in [0.717, 1.165) is 0 Å². The number of aromatic nitrogens is 1. The van der Waals surface area contributed by atoms with Crippen LogP contribution >= 0.6 is 0 Å². The molecule has 0 atom stereocenters. The van der Waals surface area contributed by atoms with E-state index in [1.807, 2.05) is 0 Å². The van der Waals surface area contributed by atoms with Crippen molar-refractivity contribution in [2.24, 2.45) is 0 Å². The van der Waals surface area contributed by atoms with Crippen LogP contribution in [0.5, 0.6) is 11.5 Å². The smallest absolute Gasteiger partial charge is 0.136 e. The van der Waals surface area contributed by atoms with Crippen LogP contribution in [-0.4, -0.2) is 10.1 Å². The number of benzene rings is 1. The molecular weight excluding hydrogens is 209 g/mol. The summed E-state index contributed by atoms with van der Waals surface area (Å²) in [5.41, 5.74) is 0.562. The van der Waals surface area contributed by atoms with E-state index in [0.29, 0.717) is 17.1 Å². The summed E-state index contributed by atoms with van der Waals surface area (Å²) in [6.07, 6.45) is 3.06. The van der Waals surface area contributed by atoms with Crippen LogP contribution in [0.25, 0.3) is 0 Å². The highest BCUT2D eigenvalue weighted by Crippen LogP contribution is 2.24. The first-order valence-corrected chi connectivity index (χ1v) is 4.77. The Balaban J connectivity index is 2.26. The predicted molar refractivity (Wildman–Crippen MR) is 56.6 cm³/mol. The van der Waals surface area contributed by atoms with E-state index in [9.17, 15) is 4.39 Å². The van der Waals surface area contributed by atoms with Crippen LogP contribution in [0.15, 0.2) is 42.7 Å². The van der Waals surface area contributed by atoms with Gasteiger partial charge in [0.15, 0.2) is 0 Å². The molecule has 4 heteroatoms. The van der Waals surface area contributed by atoms with Gasteiger partial charge in [-0.3, -0.25) is 4.98 Å². The molecular formula is C12H10FNO2. The number of aliphatic hydroxyl groups excluding tert-OH is 1. The molecule has 2 rings (SSSR count). The van der Waals surface area contributed by atoms with Gasteiger partial charge in [0.2, 0.25) is 0 Å². The maximum absolute atomic E-state index is 12.9. The molecule has 0 saturated heterocycles. The van der Waals surface area contributed by atoms with Gasteiger partial charge in [0.05, 0.1) is 6.61 Å². The van der Waals surface area contributed by atoms with Crippen LogP contribution in [0.2, 0.25) is 0 Å². The molecule has 3 nitrogen and oxygen atoms in total. The van der Waals surface area contributed by atoms with Crippen molar-refractivity contribution in [3.63, 3.8) is 0 Å². The Kier molecular flexibility index (Phi) is 3.12. The van der Waals surface area contributed by atoms with Crippen molar-refractivity contribution in [3.05, 3.63) is 54.1 Å². The van der Waals surface area contributed by atoms with Crippen molar-refractivity contribution < 1.29 is 14.2 Å². The third-order valence-electron chi connectivity index (χ3n) is 2.05. The number of halogens is 1. The van der Waals surface area contributed by atoms with E-state index < -0.39 is 0 Å². The number of pyridine rings is 1. The van der Waals surface area contributed by atoms with Crippen LogP contribution in [-0.2, 0) is 6.61 Å². The van der Waals surface area contributed by atoms with Gasteiger partial charge in [-0.05, 0) is 18.2 Å². The van der Waals surface area contributed by atoms with Gasteiger partial charge in [0.25, 0.3) is 0 Å². The highest BCUT2D eigenvalue weighted by molar-refractivity contribution is 5.35. The number of nitrogens with zero attached hydrogens (tertiary/aromatic N) is 1. The maximum atomic E-state index is 12.9. The zero-order valence-corrected chi connectivity index (χ0v) is 8.43. The van der Waals surface area contributed by atoms with E-state index in [1.54, 1.807) is 24.4 Å². The Morgan fingerprint density at radius 1 is 1.31 bits per heavy atom. The first-order chi connectivity index (χ1) is 7.79. The minimum Gasteiger partial charge on any atom is -0.457 e. The quantitative estimate of drug-likeness (QED) is 0.862. The van der Waals surface area contributed by atoms with E-state index in [2.05, 4.69) is 4.98 Å². The van der Waals surface area contributed by atoms with Crippen molar-refractivity contribution in [1.29, 1.82) is 0 Å². The van der Waals surface area contributed by atoms with Gasteiger partial charge in [-0.2, -0.15) is 0 Å². The number of ether oxygens (including phenoxy) is 1. The monoisotopic (exact) mass is 219 g/mol. The first kappa shape index (κ1) is 10.6. The molecule has 1 aromatic carbocycles. The molecule has 1 heterocycles. The highest BCUT2D eigenvalue weighted by Gasteiger charge is 2.04. The molecule has 0 saturated carbocycles. The molecule has 0 amide bonds. The lowest BCUT2D eigenvalue weighted by atomic mass is 10.2. The number of hydrogen-bond acceptors (Lipinski definition) is 3. The zero-order chi connectivity index (χ0) is 11.4. The van der Waals surface area contributed by atoms with Crippen molar-refractivity contribution in [3.8, 4) is 11.5 Å². The summed E-state index contributed by atoms with van der Waals surface area (Å²) in [4.78, 5) is 3.86. The summed E-state index contributed by atoms with van der Waals surface area (Å²) in [7, 11) is 0. The van der Waals surface area contributed by atoms with Gasteiger partial charge in [-0.1, -0.05) is 6.07 Å². The van der Waals surface area contributed by atoms with Crippen molar-refractivity contribution >= 4 is 0 Å². The fourth-order valence-electron chi connectivity index (χ4n) is 1.29. The molecule has 0 spiro atoms. The molecule has 0 unspecified atom stereocenters. The lowest BCUT2D eigenvalue weighted by molar-refractivity contribution is 0.276. The highest BCUT2D eigenvalue weighted by atomic mass is 19.1. The zero-order valence-electron chi connectivity index (χ0n) is 8.43. The van der Waals surface area contributed by atoms with Crippen LogP contribution in [0, 0.1) is 5.82 Å². The lowest BCUT2D eigenvalue weighted by Gasteiger charge is -2.08. The molecule has 82 valence electrons. The molecule has 0 bridgehead atoms. The van der Waals surface area contributed by atoms with Crippen molar-refractivity contribution in [2.45, 2.75) is 6.61 Å². The Morgan fingerprint density at radius 3 is 2.94 bits per heavy atom. The molecule has 2 aromatic rings. The van der Waals surface area contributed by atoms with Gasteiger partial charge < -0.3 is 9.84 Å². The molecule has 16 heavy (non-hydrogen) atoms. The van der Waals surface area contributed by atoms with E-state index in [1.165, 1.54) is 18.3 Å². The van der Waals surface area contributed by atoms with Crippen LogP contribution in [0.1, 0.15) is 5.56 Å². The minimum absolute atomic E-state index is 0.168. The second kappa shape index (κ2) is 4.72. The molecule has 1 aromatic heterocycles. The number of hydrogen-bond donors (Lipinski definition) is 1. The fraction of sp³-hybridized carbons (Fsp3) is 0.0833. The Bertz CT molecular complexity index is 488. The molecule has 0 fully saturated rings. The molecule has 0 aliphatic heterocycles. The van der Waals surface area contributed by atoms with Gasteiger partial charge >= 0.3 is 0 Å². The summed E-state index contributed by atoms with van der Waals surface area (Å²) in [6.45, 7) is -0.168. The third-order valence-corrected chi connectivity index (χ3v) is 2.05. The summed E-state index contributed by atoms with van der Waals surface area (Å²) in [5.74, 6) is 0.501. The van der Waals surface area contributed by atoms with Crippen LogP contribution in [0.3, 0.4) is 0 Å². The standard InChI is InChI=1S/C12H10FNO2/c13-10-2-1-3-11(6-10)16-12-4-5-14-7-9(12)8-15/h1-7,15H,8H2. The van der Waals surface area contributed by atoms with E-state index >= 15 is 0 Å². The normalized spacial score (nSPS) is 10.1. The predicted octanol–water partition coefficient (Wildman–Crippen LogP) is 2.51. The second-order valence-electron chi connectivity index (χ2n) is 3.20. The number of rotatable bonds is 3. The minimum atomic E-state index is -0.364. The van der Waals surface area contributed by atoms with E-state index in [-0.39, 0.29) is 12.4 Å². The molecule has 0 aliphatic carbocycles. The van der Waals surface area contributed by atoms with Crippen molar-refractivity contribution in [1.82, 2.24) is 4.98 Å². The molecule has 0 radical (unpaired) electrons. The van der Waals surface area contributed by atoms with Crippen LogP contribution in [0.4, 0.5) is 4.39 Å². The number of aliphatic hydroxyl groups is 1. The van der Waals surface area contributed by atoms with Gasteiger partial charge in [0, 0.05) is 24.0 Å². The van der Waals surface area contributed by atoms with Crippen LogP contribution < -0.4 is 4.74 Å². The second-order valence-corrected chi connectivity index (χ2v) is 3.20. The van der Waals surface area contributed by atoms with Crippen molar-refractivity contribution in [2.75, 3.05) is 0 Å². The summed E-state index contributed by atoms with van der Waals surface area (Å²) in [5, 5.41) is 9.06. The van der Waals surface area contributed by atoms with Gasteiger partial charge in [-0.25, -0.2) is 4.39 Å². The average molecular weight is 219 g/mol. The lowest BCUT2D eigenvalue weighted by Crippen LogP contribution is -1.92. The van der Waals surface area contributed by atoms with Gasteiger partial charge in [0.1, 0.15) is 17.3 Å². The Hall–Kier alpha value is -1.94. The average Bonchev–Trinajstić information content (AvgIpc) is 2.30. The largest absolute Gasteiger partial charge is 0.457 e. The summed E-state index contributed by atoms with van der Waals surface area (Å²) < 4.78 is 18.4.